The van der Waals surface area contributed by atoms with Crippen molar-refractivity contribution in [3.05, 3.63) is 47.9 Å². The van der Waals surface area contributed by atoms with Crippen LogP contribution in [0.5, 0.6) is 0 Å². The van der Waals surface area contributed by atoms with Gasteiger partial charge in [0.1, 0.15) is 10.6 Å². The van der Waals surface area contributed by atoms with Crippen molar-refractivity contribution in [3.8, 4) is 0 Å². The van der Waals surface area contributed by atoms with Gasteiger partial charge < -0.3 is 10.4 Å². The maximum absolute atomic E-state index is 11.3. The van der Waals surface area contributed by atoms with Gasteiger partial charge in [-0.25, -0.2) is 4.79 Å². The Morgan fingerprint density at radius 2 is 2.20 bits per heavy atom. The van der Waals surface area contributed by atoms with E-state index in [2.05, 4.69) is 14.7 Å². The number of benzene rings is 1. The van der Waals surface area contributed by atoms with Crippen LogP contribution in [0, 0.1) is 6.92 Å². The zero-order chi connectivity index (χ0) is 14.1. The average molecular weight is 285 g/mol. The molecule has 0 atom stereocenters. The minimum absolute atomic E-state index is 0.218. The monoisotopic (exact) mass is 285 g/mol. The van der Waals surface area contributed by atoms with Crippen LogP contribution in [-0.4, -0.2) is 20.4 Å². The summed E-state index contributed by atoms with van der Waals surface area (Å²) in [5.41, 5.74) is 1.56. The van der Waals surface area contributed by atoms with Gasteiger partial charge in [-0.05, 0) is 36.0 Å². The quantitative estimate of drug-likeness (QED) is 0.771. The first-order valence-electron chi connectivity index (χ1n) is 5.96. The van der Waals surface area contributed by atoms with Crippen molar-refractivity contribution in [1.82, 2.24) is 9.36 Å². The molecule has 0 amide bonds. The molecule has 6 heteroatoms. The minimum Gasteiger partial charge on any atom is -0.478 e. The lowest BCUT2D eigenvalue weighted by molar-refractivity contribution is 0.0697. The zero-order valence-electron chi connectivity index (χ0n) is 10.6. The molecule has 0 aliphatic rings. The van der Waals surface area contributed by atoms with E-state index >= 15 is 0 Å². The molecular formula is C14H11N3O2S. The Labute approximate surface area is 119 Å². The fraction of sp³-hybridized carbons (Fsp3) is 0.0714. The molecule has 5 nitrogen and oxygen atoms in total. The van der Waals surface area contributed by atoms with Gasteiger partial charge in [0, 0.05) is 23.5 Å². The van der Waals surface area contributed by atoms with Crippen LogP contribution in [0.4, 0.5) is 10.7 Å². The van der Waals surface area contributed by atoms with E-state index in [4.69, 9.17) is 0 Å². The molecule has 0 radical (unpaired) electrons. The highest BCUT2D eigenvalue weighted by molar-refractivity contribution is 7.10. The number of carboxylic acids is 1. The van der Waals surface area contributed by atoms with Crippen molar-refractivity contribution in [1.29, 1.82) is 0 Å². The van der Waals surface area contributed by atoms with Gasteiger partial charge in [-0.2, -0.15) is 4.37 Å². The summed E-state index contributed by atoms with van der Waals surface area (Å²) >= 11 is 1.15. The molecule has 0 saturated heterocycles. The molecule has 2 aromatic heterocycles. The Morgan fingerprint density at radius 3 is 3.00 bits per heavy atom. The molecule has 0 bridgehead atoms. The molecule has 20 heavy (non-hydrogen) atoms. The first-order chi connectivity index (χ1) is 9.66. The van der Waals surface area contributed by atoms with Gasteiger partial charge in [-0.1, -0.05) is 12.1 Å². The molecule has 2 heterocycles. The standard InChI is InChI=1S/C14H11N3O2S/c1-8-12(14(18)19)13(20-17-8)16-11-4-2-3-9-5-6-15-7-10(9)11/h2-7,16H,1H3,(H,18,19). The number of anilines is 2. The van der Waals surface area contributed by atoms with Crippen molar-refractivity contribution in [2.24, 2.45) is 0 Å². The van der Waals surface area contributed by atoms with Crippen molar-refractivity contribution >= 4 is 39.0 Å². The Hall–Kier alpha value is -2.47. The van der Waals surface area contributed by atoms with Gasteiger partial charge in [0.05, 0.1) is 5.69 Å². The number of aromatic nitrogens is 2. The summed E-state index contributed by atoms with van der Waals surface area (Å²) in [7, 11) is 0. The molecule has 0 spiro atoms. The van der Waals surface area contributed by atoms with E-state index in [1.165, 1.54) is 0 Å². The lowest BCUT2D eigenvalue weighted by Crippen LogP contribution is -2.01. The molecule has 1 aromatic carbocycles. The first-order valence-corrected chi connectivity index (χ1v) is 6.73. The predicted molar refractivity (Wildman–Crippen MR) is 78.8 cm³/mol. The number of pyridine rings is 1. The van der Waals surface area contributed by atoms with Crippen LogP contribution in [0.1, 0.15) is 16.1 Å². The number of carboxylic acid groups (broad SMARTS) is 1. The van der Waals surface area contributed by atoms with E-state index in [-0.39, 0.29) is 5.56 Å². The summed E-state index contributed by atoms with van der Waals surface area (Å²) in [5.74, 6) is -0.975. The maximum atomic E-state index is 11.3. The molecule has 0 aliphatic carbocycles. The lowest BCUT2D eigenvalue weighted by atomic mass is 10.1. The highest BCUT2D eigenvalue weighted by atomic mass is 32.1. The number of aryl methyl sites for hydroxylation is 1. The van der Waals surface area contributed by atoms with Crippen LogP contribution >= 0.6 is 11.5 Å². The molecule has 3 rings (SSSR count). The van der Waals surface area contributed by atoms with E-state index in [1.807, 2.05) is 24.3 Å². The third-order valence-corrected chi connectivity index (χ3v) is 3.86. The first kappa shape index (κ1) is 12.6. The smallest absolute Gasteiger partial charge is 0.340 e. The van der Waals surface area contributed by atoms with E-state index in [1.54, 1.807) is 19.3 Å². The summed E-state index contributed by atoms with van der Waals surface area (Å²) in [4.78, 5) is 15.4. The van der Waals surface area contributed by atoms with Crippen LogP contribution in [0.2, 0.25) is 0 Å². The van der Waals surface area contributed by atoms with Gasteiger partial charge in [0.25, 0.3) is 0 Å². The Morgan fingerprint density at radius 1 is 1.35 bits per heavy atom. The van der Waals surface area contributed by atoms with Gasteiger partial charge in [-0.3, -0.25) is 4.98 Å². The van der Waals surface area contributed by atoms with Crippen LogP contribution in [0.3, 0.4) is 0 Å². The molecule has 0 saturated carbocycles. The number of fused-ring (bicyclic) bond motifs is 1. The van der Waals surface area contributed by atoms with Crippen LogP contribution in [0.25, 0.3) is 10.8 Å². The summed E-state index contributed by atoms with van der Waals surface area (Å²) in [6, 6.07) is 7.71. The largest absolute Gasteiger partial charge is 0.478 e. The van der Waals surface area contributed by atoms with Crippen LogP contribution in [0.15, 0.2) is 36.7 Å². The van der Waals surface area contributed by atoms with E-state index < -0.39 is 5.97 Å². The molecule has 2 N–H and O–H groups in total. The number of nitrogens with zero attached hydrogens (tertiary/aromatic N) is 2. The topological polar surface area (TPSA) is 75.1 Å². The second-order valence-corrected chi connectivity index (χ2v) is 5.08. The zero-order valence-corrected chi connectivity index (χ0v) is 11.4. The lowest BCUT2D eigenvalue weighted by Gasteiger charge is -2.08. The summed E-state index contributed by atoms with van der Waals surface area (Å²) in [6.45, 7) is 1.69. The van der Waals surface area contributed by atoms with E-state index in [0.29, 0.717) is 10.7 Å². The minimum atomic E-state index is -0.975. The third kappa shape index (κ3) is 2.10. The molecule has 0 unspecified atom stereocenters. The molecule has 0 fully saturated rings. The Bertz CT molecular complexity index is 793. The van der Waals surface area contributed by atoms with Gasteiger partial charge in [-0.15, -0.1) is 0 Å². The van der Waals surface area contributed by atoms with Crippen LogP contribution in [-0.2, 0) is 0 Å². The molecule has 0 aliphatic heterocycles. The predicted octanol–water partition coefficient (Wildman–Crippen LogP) is 3.44. The second kappa shape index (κ2) is 4.90. The summed E-state index contributed by atoms with van der Waals surface area (Å²) in [5, 5.41) is 14.9. The number of aromatic carboxylic acids is 1. The Balaban J connectivity index is 2.08. The van der Waals surface area contributed by atoms with Crippen molar-refractivity contribution in [2.75, 3.05) is 5.32 Å². The normalized spacial score (nSPS) is 10.7. The van der Waals surface area contributed by atoms with Gasteiger partial charge >= 0.3 is 5.97 Å². The Kier molecular flexibility index (Phi) is 3.08. The van der Waals surface area contributed by atoms with Crippen molar-refractivity contribution in [2.45, 2.75) is 6.92 Å². The van der Waals surface area contributed by atoms with E-state index in [9.17, 15) is 9.90 Å². The average Bonchev–Trinajstić information content (AvgIpc) is 2.80. The number of hydrogen-bond acceptors (Lipinski definition) is 5. The number of rotatable bonds is 3. The number of hydrogen-bond donors (Lipinski definition) is 2. The maximum Gasteiger partial charge on any atom is 0.340 e. The third-order valence-electron chi connectivity index (χ3n) is 3.01. The number of carbonyl (C=O) groups is 1. The van der Waals surface area contributed by atoms with Crippen LogP contribution < -0.4 is 5.32 Å². The van der Waals surface area contributed by atoms with E-state index in [0.717, 1.165) is 28.0 Å². The highest BCUT2D eigenvalue weighted by Gasteiger charge is 2.18. The fourth-order valence-electron chi connectivity index (χ4n) is 2.05. The summed E-state index contributed by atoms with van der Waals surface area (Å²) < 4.78 is 4.10. The molecule has 100 valence electrons. The molecular weight excluding hydrogens is 274 g/mol. The molecule has 3 aromatic rings. The van der Waals surface area contributed by atoms with Gasteiger partial charge in [0.15, 0.2) is 0 Å². The SMILES string of the molecule is Cc1nsc(Nc2cccc3ccncc23)c1C(=O)O. The highest BCUT2D eigenvalue weighted by Crippen LogP contribution is 2.31. The number of nitrogens with one attached hydrogen (secondary N) is 1. The second-order valence-electron chi connectivity index (χ2n) is 4.30. The fourth-order valence-corrected chi connectivity index (χ4v) is 2.85. The van der Waals surface area contributed by atoms with Gasteiger partial charge in [0.2, 0.25) is 0 Å². The van der Waals surface area contributed by atoms with Crippen molar-refractivity contribution < 1.29 is 9.90 Å². The van der Waals surface area contributed by atoms with Crippen molar-refractivity contribution in [3.63, 3.8) is 0 Å². The summed E-state index contributed by atoms with van der Waals surface area (Å²) in [6.07, 6.45) is 3.48.